The Labute approximate surface area is 337 Å². The van der Waals surface area contributed by atoms with E-state index in [9.17, 15) is 9.59 Å². The van der Waals surface area contributed by atoms with E-state index in [4.69, 9.17) is 56.8 Å². The van der Waals surface area contributed by atoms with E-state index in [-0.39, 0.29) is 58.5 Å². The van der Waals surface area contributed by atoms with Crippen molar-refractivity contribution in [2.75, 3.05) is 106 Å². The second-order valence-electron chi connectivity index (χ2n) is 13.2. The maximum absolute atomic E-state index is 14.4. The molecule has 0 saturated heterocycles. The quantitative estimate of drug-likeness (QED) is 0.220. The van der Waals surface area contributed by atoms with Crippen LogP contribution in [0.25, 0.3) is 0 Å². The number of ether oxygens (including phenoxy) is 12. The van der Waals surface area contributed by atoms with Crippen molar-refractivity contribution in [3.63, 3.8) is 0 Å². The zero-order valence-corrected chi connectivity index (χ0v) is 32.4. The minimum absolute atomic E-state index is 0.0915. The lowest BCUT2D eigenvalue weighted by molar-refractivity contribution is 0.00708. The van der Waals surface area contributed by atoms with Gasteiger partial charge in [0.1, 0.15) is 51.1 Å². The monoisotopic (exact) mass is 800 g/mol. The zero-order chi connectivity index (χ0) is 39.8. The largest absolute Gasteiger partial charge is 0.488 e. The molecule has 4 aromatic carbocycles. The lowest BCUT2D eigenvalue weighted by Crippen LogP contribution is -2.23. The summed E-state index contributed by atoms with van der Waals surface area (Å²) < 4.78 is 69.8. The molecule has 0 unspecified atom stereocenters. The van der Waals surface area contributed by atoms with Crippen molar-refractivity contribution in [3.8, 4) is 34.5 Å². The molecule has 0 bridgehead atoms. The molecule has 0 aromatic heterocycles. The molecule has 1 aliphatic carbocycles. The first kappa shape index (κ1) is 41.0. The standard InChI is InChI=1S/C44H48O14/c45-43-33-3-1-5-37(57-29-31-7-9-35-39(27-31)55-25-21-51-17-13-47-11-15-49-19-23-53-35)41(33)44(46)42-34(43)4-2-6-38(42)58-30-32-8-10-36-40(28-32)56-26-22-52-18-14-48-12-16-50-20-24-54-36/h1-10,27-28H,11-26,29-30H2. The smallest absolute Gasteiger partial charge is 0.201 e. The summed E-state index contributed by atoms with van der Waals surface area (Å²) in [5, 5.41) is 0. The normalized spacial score (nSPS) is 17.6. The molecule has 0 amide bonds. The van der Waals surface area contributed by atoms with Crippen LogP contribution >= 0.6 is 0 Å². The number of fused-ring (bicyclic) bond motifs is 4. The Bertz CT molecular complexity index is 1840. The van der Waals surface area contributed by atoms with Crippen molar-refractivity contribution in [1.82, 2.24) is 0 Å². The molecule has 0 fully saturated rings. The average Bonchev–Trinajstić information content (AvgIpc) is 3.26. The summed E-state index contributed by atoms with van der Waals surface area (Å²) >= 11 is 0. The fourth-order valence-corrected chi connectivity index (χ4v) is 6.42. The van der Waals surface area contributed by atoms with Gasteiger partial charge < -0.3 is 56.8 Å². The van der Waals surface area contributed by atoms with Gasteiger partial charge >= 0.3 is 0 Å². The van der Waals surface area contributed by atoms with Crippen LogP contribution in [0, 0.1) is 0 Å². The number of hydrogen-bond acceptors (Lipinski definition) is 14. The predicted molar refractivity (Wildman–Crippen MR) is 208 cm³/mol. The lowest BCUT2D eigenvalue weighted by atomic mass is 9.83. The molecule has 0 saturated carbocycles. The minimum atomic E-state index is -0.371. The van der Waals surface area contributed by atoms with Gasteiger partial charge in [0.05, 0.1) is 90.4 Å². The van der Waals surface area contributed by atoms with Crippen LogP contribution in [0.4, 0.5) is 0 Å². The van der Waals surface area contributed by atoms with Crippen LogP contribution < -0.4 is 28.4 Å². The first-order valence-electron chi connectivity index (χ1n) is 19.5. The molecule has 0 N–H and O–H groups in total. The van der Waals surface area contributed by atoms with Crippen molar-refractivity contribution in [1.29, 1.82) is 0 Å². The molecule has 3 aliphatic rings. The first-order valence-corrected chi connectivity index (χ1v) is 19.5. The van der Waals surface area contributed by atoms with Crippen LogP contribution in [0.5, 0.6) is 34.5 Å². The van der Waals surface area contributed by atoms with Gasteiger partial charge in [0.2, 0.25) is 5.78 Å². The van der Waals surface area contributed by atoms with Gasteiger partial charge in [-0.25, -0.2) is 0 Å². The van der Waals surface area contributed by atoms with Crippen LogP contribution in [0.1, 0.15) is 43.0 Å². The molecule has 2 heterocycles. The molecule has 0 radical (unpaired) electrons. The van der Waals surface area contributed by atoms with E-state index in [1.54, 1.807) is 36.4 Å². The summed E-state index contributed by atoms with van der Waals surface area (Å²) in [5.41, 5.74) is 2.41. The number of carbonyl (C=O) groups excluding carboxylic acids is 2. The Morgan fingerprint density at radius 2 is 0.724 bits per heavy atom. The van der Waals surface area contributed by atoms with Crippen molar-refractivity contribution >= 4 is 11.6 Å². The second kappa shape index (κ2) is 21.5. The SMILES string of the molecule is O=C1c2cccc(OCc3ccc4c(c3)OCCOCCOCCOCCO4)c2C(=O)c2c(OCc3ccc4c(c3)OCCOCCOCCOCCO4)cccc21. The zero-order valence-electron chi connectivity index (χ0n) is 32.4. The predicted octanol–water partition coefficient (Wildman–Crippen LogP) is 5.26. The Kier molecular flexibility index (Phi) is 15.2. The van der Waals surface area contributed by atoms with Crippen molar-refractivity contribution in [3.05, 3.63) is 106 Å². The van der Waals surface area contributed by atoms with Crippen LogP contribution in [0.15, 0.2) is 72.8 Å². The van der Waals surface area contributed by atoms with Crippen LogP contribution in [-0.2, 0) is 41.6 Å². The van der Waals surface area contributed by atoms with Crippen LogP contribution in [-0.4, -0.2) is 117 Å². The van der Waals surface area contributed by atoms with E-state index in [0.717, 1.165) is 11.1 Å². The fourth-order valence-electron chi connectivity index (χ4n) is 6.42. The van der Waals surface area contributed by atoms with E-state index in [2.05, 4.69) is 0 Å². The summed E-state index contributed by atoms with van der Waals surface area (Å²) in [4.78, 5) is 28.2. The number of carbonyl (C=O) groups is 2. The maximum atomic E-state index is 14.4. The summed E-state index contributed by atoms with van der Waals surface area (Å²) in [5.74, 6) is 2.04. The highest BCUT2D eigenvalue weighted by molar-refractivity contribution is 6.30. The van der Waals surface area contributed by atoms with E-state index in [1.807, 2.05) is 36.4 Å². The van der Waals surface area contributed by atoms with E-state index < -0.39 is 0 Å². The Morgan fingerprint density at radius 1 is 0.379 bits per heavy atom. The number of ketones is 2. The lowest BCUT2D eigenvalue weighted by Gasteiger charge is -2.22. The molecule has 0 spiro atoms. The van der Waals surface area contributed by atoms with Gasteiger partial charge in [-0.05, 0) is 47.5 Å². The minimum Gasteiger partial charge on any atom is -0.488 e. The third kappa shape index (κ3) is 11.0. The highest BCUT2D eigenvalue weighted by atomic mass is 16.6. The van der Waals surface area contributed by atoms with Crippen molar-refractivity contribution in [2.24, 2.45) is 0 Å². The molecule has 4 aromatic rings. The van der Waals surface area contributed by atoms with Gasteiger partial charge in [0, 0.05) is 11.1 Å². The number of benzene rings is 4. The van der Waals surface area contributed by atoms with Gasteiger partial charge in [0.15, 0.2) is 28.8 Å². The molecular weight excluding hydrogens is 752 g/mol. The molecule has 14 nitrogen and oxygen atoms in total. The molecule has 2 aliphatic heterocycles. The van der Waals surface area contributed by atoms with E-state index in [1.165, 1.54) is 0 Å². The van der Waals surface area contributed by atoms with Crippen LogP contribution in [0.3, 0.4) is 0 Å². The summed E-state index contributed by atoms with van der Waals surface area (Å²) in [6.07, 6.45) is 0. The summed E-state index contributed by atoms with van der Waals surface area (Å²) in [6.45, 7) is 6.76. The fraction of sp³-hybridized carbons (Fsp3) is 0.409. The van der Waals surface area contributed by atoms with Gasteiger partial charge in [0.25, 0.3) is 0 Å². The number of rotatable bonds is 6. The first-order chi connectivity index (χ1) is 28.7. The topological polar surface area (TPSA) is 145 Å². The van der Waals surface area contributed by atoms with Gasteiger partial charge in [-0.1, -0.05) is 36.4 Å². The summed E-state index contributed by atoms with van der Waals surface area (Å²) in [7, 11) is 0. The van der Waals surface area contributed by atoms with Crippen LogP contribution in [0.2, 0.25) is 0 Å². The highest BCUT2D eigenvalue weighted by Crippen LogP contribution is 2.38. The maximum Gasteiger partial charge on any atom is 0.201 e. The molecular formula is C44H48O14. The average molecular weight is 801 g/mol. The Morgan fingerprint density at radius 3 is 1.10 bits per heavy atom. The Balaban J connectivity index is 1.05. The van der Waals surface area contributed by atoms with Crippen molar-refractivity contribution < 1.29 is 66.4 Å². The van der Waals surface area contributed by atoms with E-state index in [0.29, 0.717) is 129 Å². The van der Waals surface area contributed by atoms with E-state index >= 15 is 0 Å². The molecule has 7 rings (SSSR count). The third-order valence-electron chi connectivity index (χ3n) is 9.23. The van der Waals surface area contributed by atoms with Gasteiger partial charge in [-0.3, -0.25) is 9.59 Å². The molecule has 14 heteroatoms. The molecule has 308 valence electrons. The third-order valence-corrected chi connectivity index (χ3v) is 9.23. The molecule has 0 atom stereocenters. The van der Waals surface area contributed by atoms with Gasteiger partial charge in [-0.15, -0.1) is 0 Å². The Hall–Kier alpha value is -5.22. The van der Waals surface area contributed by atoms with Gasteiger partial charge in [-0.2, -0.15) is 0 Å². The molecule has 58 heavy (non-hydrogen) atoms. The van der Waals surface area contributed by atoms with Crippen molar-refractivity contribution in [2.45, 2.75) is 13.2 Å². The second-order valence-corrected chi connectivity index (χ2v) is 13.2. The highest BCUT2D eigenvalue weighted by Gasteiger charge is 2.35. The summed E-state index contributed by atoms with van der Waals surface area (Å²) in [6, 6.07) is 21.1. The number of hydrogen-bond donors (Lipinski definition) is 0.